The zero-order valence-corrected chi connectivity index (χ0v) is 40.7. The molecule has 4 aromatic heterocycles. The van der Waals surface area contributed by atoms with E-state index >= 15 is 0 Å². The summed E-state index contributed by atoms with van der Waals surface area (Å²) < 4.78 is 23.0. The van der Waals surface area contributed by atoms with Crippen molar-refractivity contribution >= 4 is 43.6 Å². The second-order valence-electron chi connectivity index (χ2n) is 19.2. The molecule has 0 saturated carbocycles. The van der Waals surface area contributed by atoms with E-state index in [-0.39, 0.29) is 11.8 Å². The molecule has 0 N–H and O–H groups in total. The summed E-state index contributed by atoms with van der Waals surface area (Å²) in [7, 11) is 8.63. The highest BCUT2D eigenvalue weighted by molar-refractivity contribution is 5.92. The van der Waals surface area contributed by atoms with E-state index in [2.05, 4.69) is 265 Å². The number of aryl methyl sites for hydroxylation is 4. The largest absolute Gasteiger partial charge is 0.489 e. The van der Waals surface area contributed by atoms with E-state index in [1.807, 2.05) is 0 Å². The Balaban J connectivity index is 1.04. The van der Waals surface area contributed by atoms with Crippen LogP contribution in [0.15, 0.2) is 219 Å². The Hall–Kier alpha value is -8.48. The van der Waals surface area contributed by atoms with Crippen LogP contribution in [0.3, 0.4) is 0 Å². The smallest absolute Gasteiger partial charge is 0.123 e. The number of para-hydroxylation sites is 4. The van der Waals surface area contributed by atoms with Crippen molar-refractivity contribution in [1.82, 2.24) is 18.3 Å². The molecule has 0 unspecified atom stereocenters. The van der Waals surface area contributed by atoms with Gasteiger partial charge in [-0.15, -0.1) is 0 Å². The molecule has 0 aliphatic carbocycles. The van der Waals surface area contributed by atoms with Gasteiger partial charge in [0, 0.05) is 120 Å². The summed E-state index contributed by atoms with van der Waals surface area (Å²) in [6.07, 6.45) is 10.0. The molecule has 6 heteroatoms. The van der Waals surface area contributed by atoms with E-state index in [0.717, 1.165) is 33.8 Å². The van der Waals surface area contributed by atoms with E-state index < -0.39 is 0 Å². The fourth-order valence-electron chi connectivity index (χ4n) is 11.3. The lowest BCUT2D eigenvalue weighted by Crippen LogP contribution is -2.09. The standard InChI is InChI=1S/C65H56N4O2/c1-66-38-54(48-23-11-15-27-58(48)66)64(55-39-67(2)59-28-16-12-24-49(55)59)52-36-46(31-33-62(52)70-42-44-19-7-5-8-20-44)35-47-32-34-63(71-43-45-21-9-6-10-22-45)53(37-47)65(56-40-68(3)60-29-17-13-25-50(56)60)57-41-69(4)61-30-18-14-26-51(57)61/h5-34,36-41,64-65H,35,42-43H2,1-4H3. The summed E-state index contributed by atoms with van der Waals surface area (Å²) in [5.41, 5.74) is 16.7. The van der Waals surface area contributed by atoms with Gasteiger partial charge in [0.05, 0.1) is 0 Å². The highest BCUT2D eigenvalue weighted by Gasteiger charge is 2.30. The molecular formula is C65H56N4O2. The number of hydrogen-bond donors (Lipinski definition) is 0. The quantitative estimate of drug-likeness (QED) is 0.109. The second kappa shape index (κ2) is 18.4. The van der Waals surface area contributed by atoms with Crippen LogP contribution in [-0.2, 0) is 47.8 Å². The summed E-state index contributed by atoms with van der Waals surface area (Å²) >= 11 is 0. The molecule has 348 valence electrons. The van der Waals surface area contributed by atoms with Gasteiger partial charge in [-0.2, -0.15) is 0 Å². The van der Waals surface area contributed by atoms with Gasteiger partial charge in [0.1, 0.15) is 24.7 Å². The molecule has 0 aliphatic heterocycles. The molecule has 4 heterocycles. The van der Waals surface area contributed by atoms with Gasteiger partial charge in [-0.1, -0.05) is 158 Å². The van der Waals surface area contributed by atoms with E-state index in [9.17, 15) is 0 Å². The predicted molar refractivity (Wildman–Crippen MR) is 291 cm³/mol. The maximum Gasteiger partial charge on any atom is 0.123 e. The first-order valence-corrected chi connectivity index (χ1v) is 24.6. The topological polar surface area (TPSA) is 38.2 Å². The normalized spacial score (nSPS) is 11.8. The highest BCUT2D eigenvalue weighted by Crippen LogP contribution is 2.47. The van der Waals surface area contributed by atoms with Crippen molar-refractivity contribution < 1.29 is 9.47 Å². The van der Waals surface area contributed by atoms with Gasteiger partial charge >= 0.3 is 0 Å². The summed E-state index contributed by atoms with van der Waals surface area (Å²) in [6.45, 7) is 0.922. The Kier molecular flexibility index (Phi) is 11.4. The molecule has 0 atom stereocenters. The van der Waals surface area contributed by atoms with Crippen LogP contribution in [0, 0.1) is 0 Å². The van der Waals surface area contributed by atoms with Crippen molar-refractivity contribution in [2.45, 2.75) is 31.5 Å². The summed E-state index contributed by atoms with van der Waals surface area (Å²) in [4.78, 5) is 0. The van der Waals surface area contributed by atoms with Crippen molar-refractivity contribution in [2.24, 2.45) is 28.2 Å². The van der Waals surface area contributed by atoms with Crippen LogP contribution in [0.4, 0.5) is 0 Å². The van der Waals surface area contributed by atoms with Gasteiger partial charge in [0.15, 0.2) is 0 Å². The number of ether oxygens (including phenoxy) is 2. The lowest BCUT2D eigenvalue weighted by Gasteiger charge is -2.23. The van der Waals surface area contributed by atoms with Crippen molar-refractivity contribution in [3.8, 4) is 11.5 Å². The average Bonchev–Trinajstić information content (AvgIpc) is 4.14. The third-order valence-electron chi connectivity index (χ3n) is 14.6. The average molecular weight is 925 g/mol. The van der Waals surface area contributed by atoms with Crippen LogP contribution in [-0.4, -0.2) is 18.3 Å². The van der Waals surface area contributed by atoms with Crippen LogP contribution in [0.2, 0.25) is 0 Å². The molecule has 0 aliphatic rings. The minimum Gasteiger partial charge on any atom is -0.489 e. The molecular weight excluding hydrogens is 869 g/mol. The summed E-state index contributed by atoms with van der Waals surface area (Å²) in [5, 5.41) is 4.93. The van der Waals surface area contributed by atoms with E-state index in [1.54, 1.807) is 0 Å². The van der Waals surface area contributed by atoms with Crippen LogP contribution >= 0.6 is 0 Å². The van der Waals surface area contributed by atoms with Crippen LogP contribution in [0.25, 0.3) is 43.6 Å². The van der Waals surface area contributed by atoms with Gasteiger partial charge < -0.3 is 27.7 Å². The van der Waals surface area contributed by atoms with Crippen molar-refractivity contribution in [2.75, 3.05) is 0 Å². The lowest BCUT2D eigenvalue weighted by atomic mass is 9.82. The Labute approximate surface area is 415 Å². The molecule has 0 bridgehead atoms. The van der Waals surface area contributed by atoms with Crippen molar-refractivity contribution in [3.63, 3.8) is 0 Å². The Morgan fingerprint density at radius 1 is 0.310 bits per heavy atom. The fraction of sp³-hybridized carbons (Fsp3) is 0.138. The number of nitrogens with zero attached hydrogens (tertiary/aromatic N) is 4. The summed E-state index contributed by atoms with van der Waals surface area (Å²) in [6, 6.07) is 69.8. The molecule has 0 fully saturated rings. The predicted octanol–water partition coefficient (Wildman–Crippen LogP) is 14.8. The van der Waals surface area contributed by atoms with Crippen molar-refractivity contribution in [3.05, 3.63) is 275 Å². The monoisotopic (exact) mass is 924 g/mol. The summed E-state index contributed by atoms with van der Waals surface area (Å²) in [5.74, 6) is 1.48. The minimum absolute atomic E-state index is 0.135. The van der Waals surface area contributed by atoms with Crippen LogP contribution < -0.4 is 9.47 Å². The van der Waals surface area contributed by atoms with Gasteiger partial charge in [-0.25, -0.2) is 0 Å². The lowest BCUT2D eigenvalue weighted by molar-refractivity contribution is 0.302. The number of rotatable bonds is 14. The number of benzene rings is 8. The van der Waals surface area contributed by atoms with Gasteiger partial charge in [-0.05, 0) is 87.3 Å². The van der Waals surface area contributed by atoms with Gasteiger partial charge in [0.25, 0.3) is 0 Å². The number of fused-ring (bicyclic) bond motifs is 4. The fourth-order valence-corrected chi connectivity index (χ4v) is 11.3. The van der Waals surface area contributed by atoms with Gasteiger partial charge in [-0.3, -0.25) is 0 Å². The molecule has 6 nitrogen and oxygen atoms in total. The molecule has 0 saturated heterocycles. The van der Waals surface area contributed by atoms with E-state index in [4.69, 9.17) is 9.47 Å². The SMILES string of the molecule is Cn1cc(C(c2cc(Cc3ccc(OCc4ccccc4)c(C(c4cn(C)c5ccccc45)c4cn(C)c5ccccc45)c3)ccc2OCc2ccccc2)c2cn(C)c3ccccc23)c2ccccc21. The molecule has 12 rings (SSSR count). The first-order chi connectivity index (χ1) is 34.9. The molecule has 8 aromatic carbocycles. The third kappa shape index (κ3) is 8.15. The maximum atomic E-state index is 6.96. The molecule has 0 radical (unpaired) electrons. The number of hydrogen-bond acceptors (Lipinski definition) is 2. The molecule has 0 amide bonds. The Morgan fingerprint density at radius 2 is 0.606 bits per heavy atom. The highest BCUT2D eigenvalue weighted by atomic mass is 16.5. The second-order valence-corrected chi connectivity index (χ2v) is 19.2. The third-order valence-corrected chi connectivity index (χ3v) is 14.6. The zero-order chi connectivity index (χ0) is 48.0. The first-order valence-electron chi connectivity index (χ1n) is 24.6. The minimum atomic E-state index is -0.135. The van der Waals surface area contributed by atoms with E-state index in [0.29, 0.717) is 19.6 Å². The maximum absolute atomic E-state index is 6.96. The van der Waals surface area contributed by atoms with Crippen molar-refractivity contribution in [1.29, 1.82) is 0 Å². The molecule has 0 spiro atoms. The van der Waals surface area contributed by atoms with Crippen LogP contribution in [0.1, 0.15) is 67.5 Å². The first kappa shape index (κ1) is 43.8. The van der Waals surface area contributed by atoms with Crippen LogP contribution in [0.5, 0.6) is 11.5 Å². The molecule has 12 aromatic rings. The van der Waals surface area contributed by atoms with E-state index in [1.165, 1.54) is 77.0 Å². The van der Waals surface area contributed by atoms with Gasteiger partial charge in [0.2, 0.25) is 0 Å². The zero-order valence-electron chi connectivity index (χ0n) is 40.7. The molecule has 71 heavy (non-hydrogen) atoms. The Bertz CT molecular complexity index is 3460. The Morgan fingerprint density at radius 3 is 0.930 bits per heavy atom. The number of aromatic nitrogens is 4.